The third-order valence-corrected chi connectivity index (χ3v) is 4.07. The van der Waals surface area contributed by atoms with E-state index >= 15 is 0 Å². The summed E-state index contributed by atoms with van der Waals surface area (Å²) in [7, 11) is 0. The second-order valence-electron chi connectivity index (χ2n) is 5.97. The van der Waals surface area contributed by atoms with Gasteiger partial charge in [0.15, 0.2) is 5.69 Å². The van der Waals surface area contributed by atoms with Gasteiger partial charge in [-0.3, -0.25) is 19.3 Å². The molecule has 1 aromatic heterocycles. The molecular formula is C17H17N5O5. The fraction of sp³-hybridized carbons (Fsp3) is 0.294. The number of imide groups is 1. The van der Waals surface area contributed by atoms with E-state index in [4.69, 9.17) is 5.11 Å². The lowest BCUT2D eigenvalue weighted by atomic mass is 10.1. The number of carbonyl (C=O) groups excluding carboxylic acids is 3. The van der Waals surface area contributed by atoms with Crippen LogP contribution in [0.1, 0.15) is 44.0 Å². The zero-order chi connectivity index (χ0) is 19.4. The van der Waals surface area contributed by atoms with Crippen LogP contribution in [-0.4, -0.2) is 61.8 Å². The molecule has 27 heavy (non-hydrogen) atoms. The number of hydrogen-bond donors (Lipinski definition) is 2. The summed E-state index contributed by atoms with van der Waals surface area (Å²) in [5.74, 6) is -2.13. The molecule has 2 aromatic rings. The van der Waals surface area contributed by atoms with Gasteiger partial charge in [-0.05, 0) is 25.0 Å². The Morgan fingerprint density at radius 3 is 2.33 bits per heavy atom. The van der Waals surface area contributed by atoms with Crippen LogP contribution in [0, 0.1) is 0 Å². The van der Waals surface area contributed by atoms with Crippen LogP contribution in [0.25, 0.3) is 0 Å². The molecule has 2 heterocycles. The maximum Gasteiger partial charge on any atom is 0.358 e. The monoisotopic (exact) mass is 371 g/mol. The number of aromatic nitrogens is 3. The zero-order valence-electron chi connectivity index (χ0n) is 14.3. The highest BCUT2D eigenvalue weighted by Gasteiger charge is 2.34. The fourth-order valence-corrected chi connectivity index (χ4v) is 2.74. The Morgan fingerprint density at radius 2 is 1.74 bits per heavy atom. The summed E-state index contributed by atoms with van der Waals surface area (Å²) in [6, 6.07) is 6.71. The van der Waals surface area contributed by atoms with Crippen molar-refractivity contribution in [2.45, 2.75) is 19.4 Å². The van der Waals surface area contributed by atoms with Gasteiger partial charge in [-0.2, -0.15) is 0 Å². The first-order valence-electron chi connectivity index (χ1n) is 8.32. The van der Waals surface area contributed by atoms with E-state index in [1.807, 2.05) is 0 Å². The van der Waals surface area contributed by atoms with Crippen LogP contribution in [0.4, 0.5) is 0 Å². The van der Waals surface area contributed by atoms with Crippen LogP contribution < -0.4 is 5.32 Å². The van der Waals surface area contributed by atoms with E-state index < -0.39 is 5.97 Å². The maximum atomic E-state index is 12.2. The summed E-state index contributed by atoms with van der Waals surface area (Å²) in [4.78, 5) is 48.1. The molecule has 10 nitrogen and oxygen atoms in total. The van der Waals surface area contributed by atoms with E-state index in [1.165, 1.54) is 11.1 Å². The van der Waals surface area contributed by atoms with Crippen LogP contribution in [0.3, 0.4) is 0 Å². The van der Waals surface area contributed by atoms with Gasteiger partial charge >= 0.3 is 5.97 Å². The van der Waals surface area contributed by atoms with E-state index in [2.05, 4.69) is 15.6 Å². The highest BCUT2D eigenvalue weighted by Crippen LogP contribution is 2.22. The molecular weight excluding hydrogens is 354 g/mol. The van der Waals surface area contributed by atoms with Gasteiger partial charge in [-0.15, -0.1) is 5.10 Å². The van der Waals surface area contributed by atoms with Crippen molar-refractivity contribution >= 4 is 23.7 Å². The van der Waals surface area contributed by atoms with Crippen molar-refractivity contribution in [1.29, 1.82) is 0 Å². The van der Waals surface area contributed by atoms with Gasteiger partial charge in [0, 0.05) is 13.1 Å². The van der Waals surface area contributed by atoms with Crippen molar-refractivity contribution in [3.63, 3.8) is 0 Å². The molecule has 0 saturated heterocycles. The lowest BCUT2D eigenvalue weighted by Crippen LogP contribution is -2.32. The average molecular weight is 371 g/mol. The SMILES string of the molecule is O=C(Cn1cc(C(=O)O)nn1)NCCCCN1C(=O)c2ccccc2C1=O. The van der Waals surface area contributed by atoms with Gasteiger partial charge in [0.05, 0.1) is 17.3 Å². The molecule has 0 aliphatic carbocycles. The predicted molar refractivity (Wildman–Crippen MR) is 91.0 cm³/mol. The number of amides is 3. The van der Waals surface area contributed by atoms with Crippen molar-refractivity contribution in [3.05, 3.63) is 47.3 Å². The van der Waals surface area contributed by atoms with Crippen LogP contribution >= 0.6 is 0 Å². The third-order valence-electron chi connectivity index (χ3n) is 4.07. The van der Waals surface area contributed by atoms with E-state index in [1.54, 1.807) is 24.3 Å². The van der Waals surface area contributed by atoms with Gasteiger partial charge < -0.3 is 10.4 Å². The number of rotatable bonds is 8. The molecule has 140 valence electrons. The summed E-state index contributed by atoms with van der Waals surface area (Å²) < 4.78 is 1.14. The fourth-order valence-electron chi connectivity index (χ4n) is 2.74. The Labute approximate surface area is 153 Å². The van der Waals surface area contributed by atoms with Crippen LogP contribution in [0.2, 0.25) is 0 Å². The number of nitrogens with zero attached hydrogens (tertiary/aromatic N) is 4. The number of carbonyl (C=O) groups is 4. The summed E-state index contributed by atoms with van der Waals surface area (Å²) in [6.45, 7) is 0.508. The number of fused-ring (bicyclic) bond motifs is 1. The predicted octanol–water partition coefficient (Wildman–Crippen LogP) is 0.169. The first-order chi connectivity index (χ1) is 13.0. The molecule has 0 fully saturated rings. The van der Waals surface area contributed by atoms with Crippen LogP contribution in [0.15, 0.2) is 30.5 Å². The molecule has 3 amide bonds. The smallest absolute Gasteiger partial charge is 0.358 e. The van der Waals surface area contributed by atoms with Crippen molar-refractivity contribution in [3.8, 4) is 0 Å². The number of aromatic carboxylic acids is 1. The second kappa shape index (κ2) is 7.77. The quantitative estimate of drug-likeness (QED) is 0.499. The first-order valence-corrected chi connectivity index (χ1v) is 8.32. The highest BCUT2D eigenvalue weighted by atomic mass is 16.4. The maximum absolute atomic E-state index is 12.2. The van der Waals surface area contributed by atoms with Crippen molar-refractivity contribution in [1.82, 2.24) is 25.2 Å². The van der Waals surface area contributed by atoms with Crippen molar-refractivity contribution < 1.29 is 24.3 Å². The Kier molecular flexibility index (Phi) is 5.25. The van der Waals surface area contributed by atoms with Crippen LogP contribution in [-0.2, 0) is 11.3 Å². The molecule has 0 radical (unpaired) electrons. The van der Waals surface area contributed by atoms with E-state index in [0.29, 0.717) is 30.5 Å². The topological polar surface area (TPSA) is 134 Å². The molecule has 1 aliphatic rings. The minimum absolute atomic E-state index is 0.140. The molecule has 1 aliphatic heterocycles. The number of carboxylic acids is 1. The Balaban J connectivity index is 1.38. The van der Waals surface area contributed by atoms with Crippen LogP contribution in [0.5, 0.6) is 0 Å². The summed E-state index contributed by atoms with van der Waals surface area (Å²) in [6.07, 6.45) is 2.30. The molecule has 1 aromatic carbocycles. The minimum Gasteiger partial charge on any atom is -0.476 e. The molecule has 0 saturated carbocycles. The lowest BCUT2D eigenvalue weighted by Gasteiger charge is -2.13. The molecule has 0 spiro atoms. The summed E-state index contributed by atoms with van der Waals surface area (Å²) in [5, 5.41) is 18.4. The van der Waals surface area contributed by atoms with E-state index in [0.717, 1.165) is 4.68 Å². The molecule has 0 atom stereocenters. The summed E-state index contributed by atoms with van der Waals surface area (Å²) in [5.41, 5.74) is 0.609. The number of unbranched alkanes of at least 4 members (excludes halogenated alkanes) is 1. The molecule has 2 N–H and O–H groups in total. The molecule has 10 heteroatoms. The normalized spacial score (nSPS) is 13.0. The number of benzene rings is 1. The van der Waals surface area contributed by atoms with Gasteiger partial charge in [-0.25, -0.2) is 9.48 Å². The van der Waals surface area contributed by atoms with Gasteiger partial charge in [0.1, 0.15) is 6.54 Å². The van der Waals surface area contributed by atoms with Crippen molar-refractivity contribution in [2.75, 3.05) is 13.1 Å². The first kappa shape index (κ1) is 18.2. The number of hydrogen-bond acceptors (Lipinski definition) is 6. The third kappa shape index (κ3) is 4.00. The Hall–Kier alpha value is -3.56. The highest BCUT2D eigenvalue weighted by molar-refractivity contribution is 6.21. The van der Waals surface area contributed by atoms with Gasteiger partial charge in [0.2, 0.25) is 5.91 Å². The van der Waals surface area contributed by atoms with Gasteiger partial charge in [-0.1, -0.05) is 17.3 Å². The molecule has 3 rings (SSSR count). The molecule has 0 bridgehead atoms. The van der Waals surface area contributed by atoms with E-state index in [-0.39, 0.29) is 36.5 Å². The Bertz CT molecular complexity index is 872. The standard InChI is InChI=1S/C17H17N5O5/c23-14(10-21-9-13(17(26)27)19-20-21)18-7-3-4-8-22-15(24)11-5-1-2-6-12(11)16(22)25/h1-2,5-6,9H,3-4,7-8,10H2,(H,18,23)(H,26,27). The Morgan fingerprint density at radius 1 is 1.07 bits per heavy atom. The lowest BCUT2D eigenvalue weighted by molar-refractivity contribution is -0.121. The average Bonchev–Trinajstić information content (AvgIpc) is 3.20. The van der Waals surface area contributed by atoms with Crippen molar-refractivity contribution in [2.24, 2.45) is 0 Å². The number of carboxylic acid groups (broad SMARTS) is 1. The van der Waals surface area contributed by atoms with Gasteiger partial charge in [0.25, 0.3) is 11.8 Å². The minimum atomic E-state index is -1.21. The molecule has 0 unspecified atom stereocenters. The number of nitrogens with one attached hydrogen (secondary N) is 1. The largest absolute Gasteiger partial charge is 0.476 e. The zero-order valence-corrected chi connectivity index (χ0v) is 14.3. The second-order valence-corrected chi connectivity index (χ2v) is 5.97. The summed E-state index contributed by atoms with van der Waals surface area (Å²) >= 11 is 0. The van der Waals surface area contributed by atoms with E-state index in [9.17, 15) is 19.2 Å².